The number of carbonyl (C=O) groups is 1. The van der Waals surface area contributed by atoms with Crippen molar-refractivity contribution >= 4 is 27.0 Å². The van der Waals surface area contributed by atoms with Crippen molar-refractivity contribution in [3.63, 3.8) is 0 Å². The van der Waals surface area contributed by atoms with Gasteiger partial charge in [-0.3, -0.25) is 4.79 Å². The van der Waals surface area contributed by atoms with Crippen LogP contribution in [-0.2, 0) is 14.8 Å². The van der Waals surface area contributed by atoms with Crippen molar-refractivity contribution in [2.75, 3.05) is 59.4 Å². The summed E-state index contributed by atoms with van der Waals surface area (Å²) in [7, 11) is -2.40. The Labute approximate surface area is 190 Å². The van der Waals surface area contributed by atoms with Gasteiger partial charge in [0.1, 0.15) is 5.52 Å². The van der Waals surface area contributed by atoms with Crippen molar-refractivity contribution in [1.82, 2.24) is 34.4 Å². The summed E-state index contributed by atoms with van der Waals surface area (Å²) in [5.74, 6) is -0.307. The van der Waals surface area contributed by atoms with Gasteiger partial charge in [-0.2, -0.15) is 4.31 Å². The summed E-state index contributed by atoms with van der Waals surface area (Å²) < 4.78 is 28.7. The van der Waals surface area contributed by atoms with Gasteiger partial charge in [0, 0.05) is 45.8 Å². The number of sulfonamides is 1. The molecule has 11 heteroatoms. The largest absolute Gasteiger partial charge is 0.355 e. The van der Waals surface area contributed by atoms with Crippen LogP contribution in [0.4, 0.5) is 0 Å². The van der Waals surface area contributed by atoms with Crippen LogP contribution in [0.5, 0.6) is 0 Å². The number of nitrogens with zero attached hydrogens (tertiary/aromatic N) is 6. The van der Waals surface area contributed by atoms with E-state index < -0.39 is 10.0 Å². The van der Waals surface area contributed by atoms with Crippen LogP contribution in [0.1, 0.15) is 33.2 Å². The zero-order valence-corrected chi connectivity index (χ0v) is 20.3. The highest BCUT2D eigenvalue weighted by molar-refractivity contribution is 7.89. The minimum absolute atomic E-state index is 0.0994. The number of rotatable bonds is 10. The molecule has 0 unspecified atom stereocenters. The van der Waals surface area contributed by atoms with Crippen molar-refractivity contribution in [2.45, 2.75) is 38.1 Å². The highest BCUT2D eigenvalue weighted by Gasteiger charge is 2.24. The summed E-state index contributed by atoms with van der Waals surface area (Å²) in [6.07, 6.45) is 0.844. The summed E-state index contributed by atoms with van der Waals surface area (Å²) in [5.41, 5.74) is 1.29. The summed E-state index contributed by atoms with van der Waals surface area (Å²) in [6.45, 7) is 12.8. The molecule has 32 heavy (non-hydrogen) atoms. The standard InChI is InChI=1S/C21H35N7O3S/c1-5-26-11-13-27(14-12-26)10-6-9-22-21(29)16-25(4)32(30,31)18-7-8-20-19(15-18)23-24-28(20)17(2)3/h7-8,15,17H,5-6,9-14,16H2,1-4H3,(H,22,29). The molecule has 0 spiro atoms. The van der Waals surface area contributed by atoms with Crippen molar-refractivity contribution in [3.05, 3.63) is 18.2 Å². The maximum Gasteiger partial charge on any atom is 0.243 e. The van der Waals surface area contributed by atoms with Gasteiger partial charge in [-0.05, 0) is 51.6 Å². The van der Waals surface area contributed by atoms with Crippen LogP contribution in [0.3, 0.4) is 0 Å². The van der Waals surface area contributed by atoms with E-state index in [0.717, 1.165) is 55.5 Å². The third-order valence-electron chi connectivity index (χ3n) is 5.89. The Kier molecular flexibility index (Phi) is 8.21. The maximum atomic E-state index is 12.9. The number of carbonyl (C=O) groups excluding carboxylic acids is 1. The van der Waals surface area contributed by atoms with E-state index in [4.69, 9.17) is 0 Å². The van der Waals surface area contributed by atoms with E-state index in [1.165, 1.54) is 19.2 Å². The number of fused-ring (bicyclic) bond motifs is 1. The molecule has 1 aliphatic heterocycles. The first kappa shape index (κ1) is 24.6. The van der Waals surface area contributed by atoms with Crippen LogP contribution >= 0.6 is 0 Å². The predicted molar refractivity (Wildman–Crippen MR) is 124 cm³/mol. The van der Waals surface area contributed by atoms with Crippen molar-refractivity contribution in [2.24, 2.45) is 0 Å². The number of hydrogen-bond acceptors (Lipinski definition) is 7. The fourth-order valence-electron chi connectivity index (χ4n) is 3.85. The summed E-state index contributed by atoms with van der Waals surface area (Å²) in [4.78, 5) is 17.2. The van der Waals surface area contributed by atoms with Gasteiger partial charge in [0.25, 0.3) is 0 Å². The van der Waals surface area contributed by atoms with Crippen LogP contribution in [0.2, 0.25) is 0 Å². The van der Waals surface area contributed by atoms with Gasteiger partial charge < -0.3 is 15.1 Å². The van der Waals surface area contributed by atoms with E-state index in [-0.39, 0.29) is 23.4 Å². The quantitative estimate of drug-likeness (QED) is 0.517. The second-order valence-electron chi connectivity index (χ2n) is 8.52. The highest BCUT2D eigenvalue weighted by Crippen LogP contribution is 2.21. The lowest BCUT2D eigenvalue weighted by atomic mass is 10.3. The number of aromatic nitrogens is 3. The van der Waals surface area contributed by atoms with Gasteiger partial charge in [-0.25, -0.2) is 13.1 Å². The molecule has 0 saturated carbocycles. The molecule has 1 aromatic heterocycles. The Morgan fingerprint density at radius 1 is 1.19 bits per heavy atom. The molecule has 0 aliphatic carbocycles. The van der Waals surface area contributed by atoms with Crippen LogP contribution in [-0.4, -0.2) is 103 Å². The molecule has 1 amide bonds. The Balaban J connectivity index is 1.48. The average Bonchev–Trinajstić information content (AvgIpc) is 3.20. The molecule has 10 nitrogen and oxygen atoms in total. The van der Waals surface area contributed by atoms with Crippen molar-refractivity contribution in [3.8, 4) is 0 Å². The Morgan fingerprint density at radius 2 is 1.88 bits per heavy atom. The first-order valence-electron chi connectivity index (χ1n) is 11.2. The zero-order chi connectivity index (χ0) is 23.3. The molecule has 1 saturated heterocycles. The van der Waals surface area contributed by atoms with Gasteiger partial charge >= 0.3 is 0 Å². The van der Waals surface area contributed by atoms with Gasteiger partial charge in [0.15, 0.2) is 0 Å². The average molecular weight is 466 g/mol. The second-order valence-corrected chi connectivity index (χ2v) is 10.6. The monoisotopic (exact) mass is 465 g/mol. The number of piperazine rings is 1. The minimum atomic E-state index is -3.81. The molecule has 1 aromatic carbocycles. The first-order chi connectivity index (χ1) is 15.2. The van der Waals surface area contributed by atoms with E-state index in [2.05, 4.69) is 32.4 Å². The number of nitrogens with one attached hydrogen (secondary N) is 1. The topological polar surface area (TPSA) is 104 Å². The number of benzene rings is 1. The van der Waals surface area contributed by atoms with E-state index in [1.807, 2.05) is 13.8 Å². The lowest BCUT2D eigenvalue weighted by Crippen LogP contribution is -2.46. The van der Waals surface area contributed by atoms with Gasteiger partial charge in [-0.15, -0.1) is 5.10 Å². The maximum absolute atomic E-state index is 12.9. The molecule has 1 N–H and O–H groups in total. The zero-order valence-electron chi connectivity index (χ0n) is 19.5. The molecule has 2 aromatic rings. The van der Waals surface area contributed by atoms with E-state index >= 15 is 0 Å². The summed E-state index contributed by atoms with van der Waals surface area (Å²) >= 11 is 0. The Hall–Kier alpha value is -2.08. The molecule has 178 valence electrons. The third kappa shape index (κ3) is 5.83. The van der Waals surface area contributed by atoms with E-state index in [1.54, 1.807) is 10.7 Å². The van der Waals surface area contributed by atoms with Crippen LogP contribution < -0.4 is 5.32 Å². The molecule has 2 heterocycles. The van der Waals surface area contributed by atoms with Crippen LogP contribution in [0.15, 0.2) is 23.1 Å². The molecular formula is C21H35N7O3S. The van der Waals surface area contributed by atoms with E-state index in [9.17, 15) is 13.2 Å². The normalized spacial score (nSPS) is 16.3. The molecular weight excluding hydrogens is 430 g/mol. The van der Waals surface area contributed by atoms with Crippen molar-refractivity contribution in [1.29, 1.82) is 0 Å². The minimum Gasteiger partial charge on any atom is -0.355 e. The molecule has 0 bridgehead atoms. The number of amides is 1. The second kappa shape index (κ2) is 10.7. The highest BCUT2D eigenvalue weighted by atomic mass is 32.2. The van der Waals surface area contributed by atoms with Gasteiger partial charge in [0.05, 0.1) is 17.0 Å². The fourth-order valence-corrected chi connectivity index (χ4v) is 4.99. The number of likely N-dealkylation sites (N-methyl/N-ethyl adjacent to an activating group) is 2. The number of hydrogen-bond donors (Lipinski definition) is 1. The third-order valence-corrected chi connectivity index (χ3v) is 7.69. The Morgan fingerprint density at radius 3 is 2.53 bits per heavy atom. The fraction of sp³-hybridized carbons (Fsp3) is 0.667. The summed E-state index contributed by atoms with van der Waals surface area (Å²) in [5, 5.41) is 11.0. The van der Waals surface area contributed by atoms with Gasteiger partial charge in [0.2, 0.25) is 15.9 Å². The van der Waals surface area contributed by atoms with E-state index in [0.29, 0.717) is 12.1 Å². The van der Waals surface area contributed by atoms with Crippen LogP contribution in [0, 0.1) is 0 Å². The lowest BCUT2D eigenvalue weighted by Gasteiger charge is -2.33. The Bertz CT molecular complexity index is 1010. The summed E-state index contributed by atoms with van der Waals surface area (Å²) in [6, 6.07) is 4.86. The van der Waals surface area contributed by atoms with Crippen LogP contribution in [0.25, 0.3) is 11.0 Å². The predicted octanol–water partition coefficient (Wildman–Crippen LogP) is 0.777. The lowest BCUT2D eigenvalue weighted by molar-refractivity contribution is -0.121. The molecule has 0 atom stereocenters. The molecule has 1 fully saturated rings. The SMILES string of the molecule is CCN1CCN(CCCNC(=O)CN(C)S(=O)(=O)c2ccc3c(c2)nnn3C(C)C)CC1. The molecule has 1 aliphatic rings. The first-order valence-corrected chi connectivity index (χ1v) is 12.7. The van der Waals surface area contributed by atoms with Gasteiger partial charge in [-0.1, -0.05) is 12.1 Å². The van der Waals surface area contributed by atoms with Crippen molar-refractivity contribution < 1.29 is 13.2 Å². The molecule has 0 radical (unpaired) electrons. The molecule has 3 rings (SSSR count). The smallest absolute Gasteiger partial charge is 0.243 e.